The summed E-state index contributed by atoms with van der Waals surface area (Å²) in [5.74, 6) is -0.132. The van der Waals surface area contributed by atoms with Crippen LogP contribution in [0.3, 0.4) is 0 Å². The predicted octanol–water partition coefficient (Wildman–Crippen LogP) is 1.58. The molecule has 0 aliphatic carbocycles. The van der Waals surface area contributed by atoms with Crippen LogP contribution in [-0.4, -0.2) is 25.7 Å². The van der Waals surface area contributed by atoms with E-state index >= 15 is 0 Å². The number of hydrogen-bond acceptors (Lipinski definition) is 3. The van der Waals surface area contributed by atoms with Crippen LogP contribution in [0.5, 0.6) is 0 Å². The van der Waals surface area contributed by atoms with Crippen molar-refractivity contribution in [3.05, 3.63) is 0 Å². The maximum absolute atomic E-state index is 11.0. The molecule has 0 rings (SSSR count). The van der Waals surface area contributed by atoms with Crippen LogP contribution in [0.2, 0.25) is 0 Å². The molecule has 0 heterocycles. The Labute approximate surface area is 80.8 Å². The molecule has 0 aliphatic heterocycles. The van der Waals surface area contributed by atoms with Crippen LogP contribution in [0, 0.1) is 5.92 Å². The Morgan fingerprint density at radius 1 is 1.38 bits per heavy atom. The Morgan fingerprint density at radius 2 is 2.08 bits per heavy atom. The molecule has 0 fully saturated rings. The maximum Gasteiger partial charge on any atom is 0.308 e. The van der Waals surface area contributed by atoms with Crippen LogP contribution in [0.25, 0.3) is 0 Å². The Balaban J connectivity index is 3.12. The molecule has 0 saturated carbocycles. The van der Waals surface area contributed by atoms with Crippen LogP contribution in [0.1, 0.15) is 33.6 Å². The first kappa shape index (κ1) is 12.4. The fraction of sp³-hybridized carbons (Fsp3) is 0.900. The first-order chi connectivity index (χ1) is 6.18. The van der Waals surface area contributed by atoms with Gasteiger partial charge >= 0.3 is 5.97 Å². The van der Waals surface area contributed by atoms with E-state index in [1.54, 1.807) is 0 Å². The molecule has 0 aromatic heterocycles. The minimum Gasteiger partial charge on any atom is -0.464 e. The number of carbonyl (C=O) groups is 1. The summed E-state index contributed by atoms with van der Waals surface area (Å²) >= 11 is 0. The van der Waals surface area contributed by atoms with E-state index in [9.17, 15) is 4.79 Å². The Hall–Kier alpha value is -0.570. The van der Waals surface area contributed by atoms with Crippen molar-refractivity contribution in [2.75, 3.05) is 19.7 Å². The Morgan fingerprint density at radius 3 is 2.62 bits per heavy atom. The lowest BCUT2D eigenvalue weighted by atomic mass is 10.2. The van der Waals surface area contributed by atoms with Crippen molar-refractivity contribution in [2.24, 2.45) is 5.92 Å². The van der Waals surface area contributed by atoms with Crippen LogP contribution < -0.4 is 5.32 Å². The highest BCUT2D eigenvalue weighted by atomic mass is 16.5. The van der Waals surface area contributed by atoms with Gasteiger partial charge in [0.1, 0.15) is 6.61 Å². The highest BCUT2D eigenvalue weighted by molar-refractivity contribution is 5.71. The highest BCUT2D eigenvalue weighted by Crippen LogP contribution is 1.94. The highest BCUT2D eigenvalue weighted by Gasteiger charge is 2.06. The molecule has 0 spiro atoms. The molecule has 0 atom stereocenters. The second kappa shape index (κ2) is 8.05. The van der Waals surface area contributed by atoms with Crippen LogP contribution in [-0.2, 0) is 9.53 Å². The Bertz CT molecular complexity index is 135. The average molecular weight is 187 g/mol. The quantitative estimate of drug-likeness (QED) is 0.485. The van der Waals surface area contributed by atoms with Crippen molar-refractivity contribution in [3.63, 3.8) is 0 Å². The molecule has 0 aromatic carbocycles. The zero-order valence-corrected chi connectivity index (χ0v) is 8.93. The van der Waals surface area contributed by atoms with Crippen molar-refractivity contribution >= 4 is 5.97 Å². The van der Waals surface area contributed by atoms with Gasteiger partial charge in [-0.15, -0.1) is 0 Å². The second-order valence-corrected chi connectivity index (χ2v) is 3.43. The Kier molecular flexibility index (Phi) is 7.69. The molecule has 0 aromatic rings. The summed E-state index contributed by atoms with van der Waals surface area (Å²) in [5, 5.41) is 3.20. The fourth-order valence-electron chi connectivity index (χ4n) is 0.817. The first-order valence-corrected chi connectivity index (χ1v) is 5.05. The third-order valence-electron chi connectivity index (χ3n) is 1.70. The zero-order chi connectivity index (χ0) is 10.1. The maximum atomic E-state index is 11.0. The molecule has 0 saturated heterocycles. The largest absolute Gasteiger partial charge is 0.464 e. The predicted molar refractivity (Wildman–Crippen MR) is 53.6 cm³/mol. The molecule has 3 nitrogen and oxygen atoms in total. The molecule has 1 N–H and O–H groups in total. The van der Waals surface area contributed by atoms with E-state index in [0.29, 0.717) is 6.61 Å². The third-order valence-corrected chi connectivity index (χ3v) is 1.70. The van der Waals surface area contributed by atoms with Gasteiger partial charge in [0.15, 0.2) is 0 Å². The summed E-state index contributed by atoms with van der Waals surface area (Å²) < 4.78 is 4.98. The number of ether oxygens (including phenoxy) is 1. The zero-order valence-electron chi connectivity index (χ0n) is 8.93. The number of nitrogens with one attached hydrogen (secondary N) is 1. The molecule has 0 radical (unpaired) electrons. The summed E-state index contributed by atoms with van der Waals surface area (Å²) in [6, 6.07) is 0. The monoisotopic (exact) mass is 187 g/mol. The summed E-state index contributed by atoms with van der Waals surface area (Å²) in [6.45, 7) is 8.09. The normalized spacial score (nSPS) is 10.5. The lowest BCUT2D eigenvalue weighted by molar-refractivity contribution is -0.147. The topological polar surface area (TPSA) is 38.3 Å². The van der Waals surface area contributed by atoms with E-state index in [4.69, 9.17) is 4.74 Å². The molecular weight excluding hydrogens is 166 g/mol. The molecule has 0 unspecified atom stereocenters. The van der Waals surface area contributed by atoms with E-state index in [0.717, 1.165) is 13.1 Å². The second-order valence-electron chi connectivity index (χ2n) is 3.43. The van der Waals surface area contributed by atoms with E-state index in [1.807, 2.05) is 13.8 Å². The van der Waals surface area contributed by atoms with Gasteiger partial charge in [-0.05, 0) is 13.0 Å². The van der Waals surface area contributed by atoms with Crippen LogP contribution >= 0.6 is 0 Å². The van der Waals surface area contributed by atoms with Crippen LogP contribution in [0.4, 0.5) is 0 Å². The number of rotatable bonds is 7. The number of esters is 1. The molecule has 0 bridgehead atoms. The van der Waals surface area contributed by atoms with Gasteiger partial charge in [-0.3, -0.25) is 4.79 Å². The van der Waals surface area contributed by atoms with Gasteiger partial charge in [-0.1, -0.05) is 27.2 Å². The average Bonchev–Trinajstić information content (AvgIpc) is 2.10. The van der Waals surface area contributed by atoms with Gasteiger partial charge in [0.25, 0.3) is 0 Å². The van der Waals surface area contributed by atoms with Gasteiger partial charge in [0.05, 0.1) is 5.92 Å². The SMILES string of the molecule is CCCCNCCOC(=O)C(C)C. The third kappa shape index (κ3) is 7.78. The molecule has 13 heavy (non-hydrogen) atoms. The van der Waals surface area contributed by atoms with Crippen molar-refractivity contribution in [1.82, 2.24) is 5.32 Å². The van der Waals surface area contributed by atoms with Crippen molar-refractivity contribution in [2.45, 2.75) is 33.6 Å². The van der Waals surface area contributed by atoms with Gasteiger partial charge in [-0.25, -0.2) is 0 Å². The van der Waals surface area contributed by atoms with E-state index in [-0.39, 0.29) is 11.9 Å². The summed E-state index contributed by atoms with van der Waals surface area (Å²) in [7, 11) is 0. The first-order valence-electron chi connectivity index (χ1n) is 5.05. The molecule has 3 heteroatoms. The smallest absolute Gasteiger partial charge is 0.308 e. The summed E-state index contributed by atoms with van der Waals surface area (Å²) in [4.78, 5) is 11.0. The van der Waals surface area contributed by atoms with Crippen molar-refractivity contribution < 1.29 is 9.53 Å². The lowest BCUT2D eigenvalue weighted by Gasteiger charge is -2.07. The van der Waals surface area contributed by atoms with Gasteiger partial charge < -0.3 is 10.1 Å². The van der Waals surface area contributed by atoms with Gasteiger partial charge in [-0.2, -0.15) is 0 Å². The van der Waals surface area contributed by atoms with Gasteiger partial charge in [0.2, 0.25) is 0 Å². The van der Waals surface area contributed by atoms with Crippen molar-refractivity contribution in [3.8, 4) is 0 Å². The number of carbonyl (C=O) groups excluding carboxylic acids is 1. The van der Waals surface area contributed by atoms with Crippen LogP contribution in [0.15, 0.2) is 0 Å². The van der Waals surface area contributed by atoms with Gasteiger partial charge in [0, 0.05) is 6.54 Å². The minimum atomic E-state index is -0.114. The fourth-order valence-corrected chi connectivity index (χ4v) is 0.817. The summed E-state index contributed by atoms with van der Waals surface area (Å²) in [5.41, 5.74) is 0. The molecule has 0 aliphatic rings. The van der Waals surface area contributed by atoms with E-state index in [2.05, 4.69) is 12.2 Å². The lowest BCUT2D eigenvalue weighted by Crippen LogP contribution is -2.23. The van der Waals surface area contributed by atoms with E-state index in [1.165, 1.54) is 12.8 Å². The summed E-state index contributed by atoms with van der Waals surface area (Å²) in [6.07, 6.45) is 2.37. The minimum absolute atomic E-state index is 0.0179. The number of unbranched alkanes of at least 4 members (excludes halogenated alkanes) is 1. The molecule has 78 valence electrons. The van der Waals surface area contributed by atoms with Crippen molar-refractivity contribution in [1.29, 1.82) is 0 Å². The standard InChI is InChI=1S/C10H21NO2/c1-4-5-6-11-7-8-13-10(12)9(2)3/h9,11H,4-8H2,1-3H3. The molecular formula is C10H21NO2. The number of hydrogen-bond donors (Lipinski definition) is 1. The molecule has 0 amide bonds. The van der Waals surface area contributed by atoms with E-state index < -0.39 is 0 Å².